The van der Waals surface area contributed by atoms with Gasteiger partial charge in [0, 0.05) is 5.56 Å². The molecule has 0 aliphatic rings. The molecule has 0 saturated heterocycles. The molecule has 1 unspecified atom stereocenters. The average molecular weight is 288 g/mol. The van der Waals surface area contributed by atoms with Gasteiger partial charge < -0.3 is 14.6 Å². The molecular formula is C18H24O3. The van der Waals surface area contributed by atoms with Crippen molar-refractivity contribution >= 4 is 0 Å². The molecule has 0 amide bonds. The number of methoxy groups -OCH3 is 2. The molecule has 21 heavy (non-hydrogen) atoms. The lowest BCUT2D eigenvalue weighted by Crippen LogP contribution is -2.24. The van der Waals surface area contributed by atoms with Gasteiger partial charge in [0.1, 0.15) is 17.1 Å². The Kier molecular flexibility index (Phi) is 6.25. The molecule has 0 saturated carbocycles. The highest BCUT2D eigenvalue weighted by Crippen LogP contribution is 2.38. The van der Waals surface area contributed by atoms with E-state index < -0.39 is 5.60 Å². The second-order valence-corrected chi connectivity index (χ2v) is 4.80. The van der Waals surface area contributed by atoms with Gasteiger partial charge in [-0.2, -0.15) is 0 Å². The van der Waals surface area contributed by atoms with E-state index in [1.807, 2.05) is 18.2 Å². The summed E-state index contributed by atoms with van der Waals surface area (Å²) in [6, 6.07) is 5.36. The molecule has 1 atom stereocenters. The minimum absolute atomic E-state index is 0.605. The summed E-state index contributed by atoms with van der Waals surface area (Å²) >= 11 is 0. The molecule has 0 heterocycles. The van der Waals surface area contributed by atoms with E-state index >= 15 is 0 Å². The van der Waals surface area contributed by atoms with Gasteiger partial charge in [0.15, 0.2) is 0 Å². The van der Waals surface area contributed by atoms with E-state index in [2.05, 4.69) is 13.5 Å². The molecule has 3 heteroatoms. The largest absolute Gasteiger partial charge is 0.497 e. The zero-order valence-electron chi connectivity index (χ0n) is 13.2. The van der Waals surface area contributed by atoms with Crippen LogP contribution in [0.15, 0.2) is 54.7 Å². The Morgan fingerprint density at radius 3 is 2.57 bits per heavy atom. The third-order valence-corrected chi connectivity index (χ3v) is 3.36. The Labute approximate surface area is 127 Å². The number of rotatable bonds is 7. The van der Waals surface area contributed by atoms with Gasteiger partial charge in [0.05, 0.1) is 14.2 Å². The topological polar surface area (TPSA) is 38.7 Å². The van der Waals surface area contributed by atoms with Crippen LogP contribution < -0.4 is 9.47 Å². The zero-order chi connectivity index (χ0) is 15.9. The smallest absolute Gasteiger partial charge is 0.125 e. The molecular weight excluding hydrogens is 264 g/mol. The van der Waals surface area contributed by atoms with E-state index in [1.165, 1.54) is 0 Å². The summed E-state index contributed by atoms with van der Waals surface area (Å²) in [5.74, 6) is 1.27. The van der Waals surface area contributed by atoms with Gasteiger partial charge in [-0.1, -0.05) is 37.8 Å². The maximum absolute atomic E-state index is 11.0. The second-order valence-electron chi connectivity index (χ2n) is 4.80. The number of hydrogen-bond acceptors (Lipinski definition) is 3. The first-order chi connectivity index (χ1) is 10.0. The van der Waals surface area contributed by atoms with E-state index in [1.54, 1.807) is 45.4 Å². The van der Waals surface area contributed by atoms with Crippen molar-refractivity contribution in [1.82, 2.24) is 0 Å². The van der Waals surface area contributed by atoms with Gasteiger partial charge in [-0.05, 0) is 37.1 Å². The minimum Gasteiger partial charge on any atom is -0.497 e. The maximum Gasteiger partial charge on any atom is 0.125 e. The van der Waals surface area contributed by atoms with Crippen molar-refractivity contribution in [1.29, 1.82) is 0 Å². The first-order valence-corrected chi connectivity index (χ1v) is 6.95. The van der Waals surface area contributed by atoms with Gasteiger partial charge in [-0.15, -0.1) is 0 Å². The highest BCUT2D eigenvalue weighted by atomic mass is 16.5. The monoisotopic (exact) mass is 288 g/mol. The van der Waals surface area contributed by atoms with Gasteiger partial charge in [-0.25, -0.2) is 0 Å². The Balaban J connectivity index is 3.36. The van der Waals surface area contributed by atoms with E-state index in [0.29, 0.717) is 22.6 Å². The minimum atomic E-state index is -1.22. The van der Waals surface area contributed by atoms with Crippen LogP contribution in [0.2, 0.25) is 0 Å². The summed E-state index contributed by atoms with van der Waals surface area (Å²) in [4.78, 5) is 0. The van der Waals surface area contributed by atoms with Crippen LogP contribution in [0.1, 0.15) is 25.8 Å². The molecule has 114 valence electrons. The molecule has 1 rings (SSSR count). The molecule has 0 aliphatic heterocycles. The number of allylic oxidation sites excluding steroid dienone is 3. The van der Waals surface area contributed by atoms with Crippen LogP contribution >= 0.6 is 0 Å². The van der Waals surface area contributed by atoms with E-state index in [0.717, 1.165) is 6.42 Å². The van der Waals surface area contributed by atoms with Gasteiger partial charge in [0.25, 0.3) is 0 Å². The Morgan fingerprint density at radius 1 is 1.33 bits per heavy atom. The fourth-order valence-electron chi connectivity index (χ4n) is 2.09. The van der Waals surface area contributed by atoms with E-state index in [9.17, 15) is 5.11 Å². The number of ether oxygens (including phenoxy) is 2. The van der Waals surface area contributed by atoms with Crippen molar-refractivity contribution in [2.45, 2.75) is 25.9 Å². The Bertz CT molecular complexity index is 539. The number of hydrogen-bond donors (Lipinski definition) is 1. The lowest BCUT2D eigenvalue weighted by atomic mass is 9.86. The fourth-order valence-corrected chi connectivity index (χ4v) is 2.09. The van der Waals surface area contributed by atoms with E-state index in [-0.39, 0.29) is 0 Å². The van der Waals surface area contributed by atoms with Crippen LogP contribution in [0, 0.1) is 0 Å². The van der Waals surface area contributed by atoms with Crippen LogP contribution in [-0.4, -0.2) is 19.3 Å². The number of benzene rings is 1. The molecule has 1 aromatic carbocycles. The first kappa shape index (κ1) is 17.1. The third-order valence-electron chi connectivity index (χ3n) is 3.36. The first-order valence-electron chi connectivity index (χ1n) is 6.95. The lowest BCUT2D eigenvalue weighted by Gasteiger charge is -2.27. The average Bonchev–Trinajstić information content (AvgIpc) is 2.50. The summed E-state index contributed by atoms with van der Waals surface area (Å²) < 4.78 is 10.6. The third kappa shape index (κ3) is 3.99. The molecule has 0 radical (unpaired) electrons. The van der Waals surface area contributed by atoms with Crippen LogP contribution in [0.25, 0.3) is 0 Å². The molecule has 0 aliphatic carbocycles. The van der Waals surface area contributed by atoms with Crippen LogP contribution in [-0.2, 0) is 5.60 Å². The predicted molar refractivity (Wildman–Crippen MR) is 86.8 cm³/mol. The Morgan fingerprint density at radius 2 is 2.05 bits per heavy atom. The van der Waals surface area contributed by atoms with Gasteiger partial charge in [0.2, 0.25) is 0 Å². The van der Waals surface area contributed by atoms with Crippen molar-refractivity contribution < 1.29 is 14.6 Å². The van der Waals surface area contributed by atoms with Crippen LogP contribution in [0.3, 0.4) is 0 Å². The van der Waals surface area contributed by atoms with Gasteiger partial charge in [-0.3, -0.25) is 0 Å². The maximum atomic E-state index is 11.0. The molecule has 1 N–H and O–H groups in total. The van der Waals surface area contributed by atoms with Crippen molar-refractivity contribution in [3.63, 3.8) is 0 Å². The van der Waals surface area contributed by atoms with Crippen molar-refractivity contribution in [2.24, 2.45) is 0 Å². The molecule has 1 aromatic rings. The molecule has 0 spiro atoms. The molecule has 3 nitrogen and oxygen atoms in total. The van der Waals surface area contributed by atoms with Crippen molar-refractivity contribution in [3.05, 3.63) is 60.2 Å². The summed E-state index contributed by atoms with van der Waals surface area (Å²) in [7, 11) is 3.17. The zero-order valence-corrected chi connectivity index (χ0v) is 13.2. The lowest BCUT2D eigenvalue weighted by molar-refractivity contribution is 0.0979. The van der Waals surface area contributed by atoms with Gasteiger partial charge >= 0.3 is 0 Å². The second kappa shape index (κ2) is 7.70. The molecule has 0 bridgehead atoms. The summed E-state index contributed by atoms with van der Waals surface area (Å²) in [6.07, 6.45) is 8.38. The number of aliphatic hydroxyl groups is 1. The molecule has 0 aromatic heterocycles. The van der Waals surface area contributed by atoms with Crippen molar-refractivity contribution in [3.8, 4) is 11.5 Å². The highest BCUT2D eigenvalue weighted by Gasteiger charge is 2.30. The molecule has 0 fully saturated rings. The summed E-state index contributed by atoms with van der Waals surface area (Å²) in [5, 5.41) is 11.0. The summed E-state index contributed by atoms with van der Waals surface area (Å²) in [6.45, 7) is 7.57. The summed E-state index contributed by atoms with van der Waals surface area (Å²) in [5.41, 5.74) is 0.110. The normalized spacial score (nSPS) is 14.8. The predicted octanol–water partition coefficient (Wildman–Crippen LogP) is 3.99. The van der Waals surface area contributed by atoms with Crippen molar-refractivity contribution in [2.75, 3.05) is 14.2 Å². The fraction of sp³-hybridized carbons (Fsp3) is 0.333. The van der Waals surface area contributed by atoms with E-state index in [4.69, 9.17) is 9.47 Å². The standard InChI is InChI=1S/C18H24O3/c1-6-8-9-10-14(7-2)18(3,19)16-13-15(20-4)11-12-17(16)21-5/h7-13,19H,2,6H2,1,3-5H3/b9-8-,14-10+. The highest BCUT2D eigenvalue weighted by molar-refractivity contribution is 5.49. The van der Waals surface area contributed by atoms with Crippen LogP contribution in [0.4, 0.5) is 0 Å². The Hall–Kier alpha value is -2.00. The van der Waals surface area contributed by atoms with Crippen LogP contribution in [0.5, 0.6) is 11.5 Å². The SMILES string of the molecule is C=C/C(=C\C=C/CC)C(C)(O)c1cc(OC)ccc1OC. The quantitative estimate of drug-likeness (QED) is 0.771.